The molecular weight excluding hydrogens is 228 g/mol. The first-order chi connectivity index (χ1) is 8.79. The van der Waals surface area contributed by atoms with Crippen LogP contribution in [0.25, 0.3) is 0 Å². The van der Waals surface area contributed by atoms with Gasteiger partial charge in [-0.1, -0.05) is 30.3 Å². The first kappa shape index (κ1) is 12.9. The van der Waals surface area contributed by atoms with Crippen LogP contribution in [0.4, 0.5) is 4.79 Å². The van der Waals surface area contributed by atoms with Crippen molar-refractivity contribution in [1.82, 2.24) is 10.2 Å². The number of benzene rings is 1. The van der Waals surface area contributed by atoms with Crippen molar-refractivity contribution in [3.63, 3.8) is 0 Å². The third-order valence-corrected chi connectivity index (χ3v) is 3.09. The Labute approximate surface area is 108 Å². The van der Waals surface area contributed by atoms with Crippen molar-refractivity contribution < 1.29 is 9.53 Å². The van der Waals surface area contributed by atoms with Gasteiger partial charge < -0.3 is 15.0 Å². The molecule has 0 radical (unpaired) electrons. The molecule has 0 aliphatic carbocycles. The third kappa shape index (κ3) is 3.47. The minimum Gasteiger partial charge on any atom is -0.372 e. The van der Waals surface area contributed by atoms with Crippen molar-refractivity contribution in [3.8, 4) is 0 Å². The second-order valence-electron chi connectivity index (χ2n) is 4.49. The maximum atomic E-state index is 11.6. The summed E-state index contributed by atoms with van der Waals surface area (Å²) >= 11 is 0. The highest BCUT2D eigenvalue weighted by Gasteiger charge is 2.26. The standard InChI is InChI=1S/C14H20N2O2/c1-2-15-14(17)16-9-8-13(10-16)18-11-12-6-4-3-5-7-12/h3-7,13H,2,8-11H2,1H3,(H,15,17). The summed E-state index contributed by atoms with van der Waals surface area (Å²) in [4.78, 5) is 13.4. The Bertz CT molecular complexity index is 381. The van der Waals surface area contributed by atoms with E-state index in [2.05, 4.69) is 17.4 Å². The monoisotopic (exact) mass is 248 g/mol. The highest BCUT2D eigenvalue weighted by atomic mass is 16.5. The molecule has 1 aromatic carbocycles. The average Bonchev–Trinajstić information content (AvgIpc) is 2.87. The zero-order valence-corrected chi connectivity index (χ0v) is 10.8. The van der Waals surface area contributed by atoms with E-state index >= 15 is 0 Å². The third-order valence-electron chi connectivity index (χ3n) is 3.09. The number of rotatable bonds is 4. The minimum absolute atomic E-state index is 0.0170. The molecule has 4 nitrogen and oxygen atoms in total. The van der Waals surface area contributed by atoms with Crippen LogP contribution in [0.15, 0.2) is 30.3 Å². The molecule has 0 bridgehead atoms. The van der Waals surface area contributed by atoms with Gasteiger partial charge in [0.1, 0.15) is 0 Å². The fourth-order valence-corrected chi connectivity index (χ4v) is 2.10. The van der Waals surface area contributed by atoms with Crippen LogP contribution in [0.5, 0.6) is 0 Å². The zero-order valence-electron chi connectivity index (χ0n) is 10.8. The summed E-state index contributed by atoms with van der Waals surface area (Å²) in [5.41, 5.74) is 1.17. The van der Waals surface area contributed by atoms with E-state index in [1.165, 1.54) is 5.56 Å². The Morgan fingerprint density at radius 3 is 2.94 bits per heavy atom. The predicted octanol–water partition coefficient (Wildman–Crippen LogP) is 2.01. The summed E-state index contributed by atoms with van der Waals surface area (Å²) in [6, 6.07) is 10.1. The molecule has 1 fully saturated rings. The number of urea groups is 1. The molecule has 1 atom stereocenters. The lowest BCUT2D eigenvalue weighted by atomic mass is 10.2. The second kappa shape index (κ2) is 6.40. The molecule has 18 heavy (non-hydrogen) atoms. The van der Waals surface area contributed by atoms with Gasteiger partial charge in [0.15, 0.2) is 0 Å². The number of likely N-dealkylation sites (tertiary alicyclic amines) is 1. The smallest absolute Gasteiger partial charge is 0.317 e. The van der Waals surface area contributed by atoms with Crippen molar-refractivity contribution >= 4 is 6.03 Å². The minimum atomic E-state index is 0.0170. The molecule has 0 spiro atoms. The first-order valence-electron chi connectivity index (χ1n) is 6.48. The highest BCUT2D eigenvalue weighted by molar-refractivity contribution is 5.74. The molecule has 1 N–H and O–H groups in total. The Morgan fingerprint density at radius 2 is 2.22 bits per heavy atom. The van der Waals surface area contributed by atoms with Crippen LogP contribution in [-0.4, -0.2) is 36.7 Å². The lowest BCUT2D eigenvalue weighted by molar-refractivity contribution is 0.0487. The number of carbonyl (C=O) groups excluding carboxylic acids is 1. The van der Waals surface area contributed by atoms with Crippen LogP contribution in [0.2, 0.25) is 0 Å². The quantitative estimate of drug-likeness (QED) is 0.885. The van der Waals surface area contributed by atoms with Gasteiger partial charge in [-0.3, -0.25) is 0 Å². The molecule has 1 aliphatic rings. The molecule has 4 heteroatoms. The van der Waals surface area contributed by atoms with E-state index in [-0.39, 0.29) is 12.1 Å². The molecular formula is C14H20N2O2. The van der Waals surface area contributed by atoms with Crippen LogP contribution in [0.3, 0.4) is 0 Å². The molecule has 1 aliphatic heterocycles. The van der Waals surface area contributed by atoms with Crippen LogP contribution < -0.4 is 5.32 Å². The normalized spacial score (nSPS) is 18.9. The van der Waals surface area contributed by atoms with Gasteiger partial charge in [0, 0.05) is 19.6 Å². The van der Waals surface area contributed by atoms with Crippen molar-refractivity contribution in [2.24, 2.45) is 0 Å². The van der Waals surface area contributed by atoms with Crippen LogP contribution >= 0.6 is 0 Å². The van der Waals surface area contributed by atoms with Gasteiger partial charge in [0.25, 0.3) is 0 Å². The van der Waals surface area contributed by atoms with E-state index in [1.54, 1.807) is 0 Å². The van der Waals surface area contributed by atoms with Gasteiger partial charge in [-0.05, 0) is 18.9 Å². The fourth-order valence-electron chi connectivity index (χ4n) is 2.10. The van der Waals surface area contributed by atoms with Gasteiger partial charge in [-0.25, -0.2) is 4.79 Å². The molecule has 98 valence electrons. The maximum absolute atomic E-state index is 11.6. The number of ether oxygens (including phenoxy) is 1. The number of amides is 2. The van der Waals surface area contributed by atoms with Crippen molar-refractivity contribution in [1.29, 1.82) is 0 Å². The van der Waals surface area contributed by atoms with Gasteiger partial charge in [0.2, 0.25) is 0 Å². The Balaban J connectivity index is 1.74. The molecule has 2 rings (SSSR count). The molecule has 0 aromatic heterocycles. The molecule has 1 heterocycles. The van der Waals surface area contributed by atoms with E-state index in [1.807, 2.05) is 30.0 Å². The Morgan fingerprint density at radius 1 is 1.44 bits per heavy atom. The summed E-state index contributed by atoms with van der Waals surface area (Å²) in [5, 5.41) is 2.81. The Hall–Kier alpha value is -1.55. The van der Waals surface area contributed by atoms with Gasteiger partial charge in [0.05, 0.1) is 12.7 Å². The van der Waals surface area contributed by atoms with E-state index in [0.717, 1.165) is 13.0 Å². The van der Waals surface area contributed by atoms with E-state index in [0.29, 0.717) is 19.7 Å². The number of hydrogen-bond donors (Lipinski definition) is 1. The van der Waals surface area contributed by atoms with Crippen LogP contribution in [0.1, 0.15) is 18.9 Å². The SMILES string of the molecule is CCNC(=O)N1CCC(OCc2ccccc2)C1. The molecule has 1 unspecified atom stereocenters. The van der Waals surface area contributed by atoms with Gasteiger partial charge in [-0.2, -0.15) is 0 Å². The highest BCUT2D eigenvalue weighted by Crippen LogP contribution is 2.14. The van der Waals surface area contributed by atoms with Crippen LogP contribution in [-0.2, 0) is 11.3 Å². The number of nitrogens with one attached hydrogen (secondary N) is 1. The van der Waals surface area contributed by atoms with Gasteiger partial charge in [-0.15, -0.1) is 0 Å². The fraction of sp³-hybridized carbons (Fsp3) is 0.500. The van der Waals surface area contributed by atoms with Crippen molar-refractivity contribution in [3.05, 3.63) is 35.9 Å². The Kier molecular flexibility index (Phi) is 4.59. The molecule has 0 saturated carbocycles. The summed E-state index contributed by atoms with van der Waals surface area (Å²) in [7, 11) is 0. The number of hydrogen-bond acceptors (Lipinski definition) is 2. The lowest BCUT2D eigenvalue weighted by Gasteiger charge is -2.16. The molecule has 1 aromatic rings. The first-order valence-corrected chi connectivity index (χ1v) is 6.48. The van der Waals surface area contributed by atoms with Crippen molar-refractivity contribution in [2.45, 2.75) is 26.1 Å². The van der Waals surface area contributed by atoms with E-state index in [4.69, 9.17) is 4.74 Å². The summed E-state index contributed by atoms with van der Waals surface area (Å²) in [6.07, 6.45) is 1.08. The predicted molar refractivity (Wildman–Crippen MR) is 70.3 cm³/mol. The van der Waals surface area contributed by atoms with E-state index in [9.17, 15) is 4.79 Å². The van der Waals surface area contributed by atoms with Gasteiger partial charge >= 0.3 is 6.03 Å². The topological polar surface area (TPSA) is 41.6 Å². The van der Waals surface area contributed by atoms with Crippen LogP contribution in [0, 0.1) is 0 Å². The van der Waals surface area contributed by atoms with Crippen molar-refractivity contribution in [2.75, 3.05) is 19.6 Å². The summed E-state index contributed by atoms with van der Waals surface area (Å²) < 4.78 is 5.83. The summed E-state index contributed by atoms with van der Waals surface area (Å²) in [6.45, 7) is 4.70. The number of nitrogens with zero attached hydrogens (tertiary/aromatic N) is 1. The maximum Gasteiger partial charge on any atom is 0.317 e. The summed E-state index contributed by atoms with van der Waals surface area (Å²) in [5.74, 6) is 0. The molecule has 1 saturated heterocycles. The molecule has 2 amide bonds. The van der Waals surface area contributed by atoms with E-state index < -0.39 is 0 Å². The zero-order chi connectivity index (χ0) is 12.8. The second-order valence-corrected chi connectivity index (χ2v) is 4.49. The number of carbonyl (C=O) groups is 1. The largest absolute Gasteiger partial charge is 0.372 e. The lowest BCUT2D eigenvalue weighted by Crippen LogP contribution is -2.38. The average molecular weight is 248 g/mol.